The van der Waals surface area contributed by atoms with Crippen LogP contribution in [0.1, 0.15) is 35.2 Å². The molecule has 0 N–H and O–H groups in total. The van der Waals surface area contributed by atoms with Gasteiger partial charge in [-0.1, -0.05) is 11.6 Å². The molecule has 4 rings (SSSR count). The molecule has 2 aliphatic heterocycles. The van der Waals surface area contributed by atoms with Crippen LogP contribution in [0, 0.1) is 17.7 Å². The second-order valence-corrected chi connectivity index (χ2v) is 8.78. The molecule has 0 radical (unpaired) electrons. The van der Waals surface area contributed by atoms with Gasteiger partial charge in [-0.2, -0.15) is 0 Å². The predicted molar refractivity (Wildman–Crippen MR) is 117 cm³/mol. The van der Waals surface area contributed by atoms with Crippen LogP contribution in [0.4, 0.5) is 10.1 Å². The predicted octanol–water partition coefficient (Wildman–Crippen LogP) is 4.60. The molecule has 30 heavy (non-hydrogen) atoms. The van der Waals surface area contributed by atoms with Crippen molar-refractivity contribution in [2.75, 3.05) is 31.6 Å². The molecule has 1 amide bonds. The average molecular weight is 429 g/mol. The first-order valence-electron chi connectivity index (χ1n) is 10.5. The smallest absolute Gasteiger partial charge is 0.230 e. The Morgan fingerprint density at radius 1 is 1.13 bits per heavy atom. The third kappa shape index (κ3) is 4.42. The van der Waals surface area contributed by atoms with Crippen molar-refractivity contribution in [1.82, 2.24) is 4.90 Å². The Morgan fingerprint density at radius 3 is 2.53 bits per heavy atom. The molecule has 0 aromatic heterocycles. The summed E-state index contributed by atoms with van der Waals surface area (Å²) in [6, 6.07) is 11.5. The molecule has 2 aromatic rings. The molecule has 1 unspecified atom stereocenters. The molecule has 6 heteroatoms. The van der Waals surface area contributed by atoms with Crippen LogP contribution >= 0.6 is 11.6 Å². The number of Topliss-reactive ketones (excluding diaryl/α,β-unsaturated/α-hetero) is 1. The van der Waals surface area contributed by atoms with Crippen molar-refractivity contribution in [2.24, 2.45) is 11.8 Å². The van der Waals surface area contributed by atoms with E-state index in [4.69, 9.17) is 11.6 Å². The lowest BCUT2D eigenvalue weighted by atomic mass is 9.87. The Kier molecular flexibility index (Phi) is 6.21. The second kappa shape index (κ2) is 8.86. The highest BCUT2D eigenvalue weighted by Crippen LogP contribution is 2.33. The lowest BCUT2D eigenvalue weighted by Gasteiger charge is -2.35. The van der Waals surface area contributed by atoms with Gasteiger partial charge in [0.15, 0.2) is 5.78 Å². The highest BCUT2D eigenvalue weighted by Gasteiger charge is 2.32. The number of anilines is 1. The Hall–Kier alpha value is -2.24. The number of halogens is 2. The lowest BCUT2D eigenvalue weighted by Crippen LogP contribution is -2.42. The minimum absolute atomic E-state index is 0.0109. The van der Waals surface area contributed by atoms with Crippen molar-refractivity contribution >= 4 is 29.0 Å². The van der Waals surface area contributed by atoms with Crippen molar-refractivity contribution in [3.8, 4) is 0 Å². The molecule has 158 valence electrons. The first-order valence-corrected chi connectivity index (χ1v) is 10.9. The van der Waals surface area contributed by atoms with Crippen LogP contribution in [0.5, 0.6) is 0 Å². The zero-order chi connectivity index (χ0) is 21.3. The van der Waals surface area contributed by atoms with Gasteiger partial charge in [-0.25, -0.2) is 4.39 Å². The van der Waals surface area contributed by atoms with Crippen LogP contribution in [0.3, 0.4) is 0 Å². The molecule has 2 aromatic carbocycles. The maximum atomic E-state index is 13.1. The van der Waals surface area contributed by atoms with E-state index in [9.17, 15) is 14.0 Å². The third-order valence-corrected chi connectivity index (χ3v) is 6.67. The minimum atomic E-state index is -0.325. The van der Waals surface area contributed by atoms with E-state index < -0.39 is 0 Å². The molecule has 1 saturated heterocycles. The fourth-order valence-corrected chi connectivity index (χ4v) is 4.82. The first-order chi connectivity index (χ1) is 14.4. The largest absolute Gasteiger partial charge is 0.315 e. The summed E-state index contributed by atoms with van der Waals surface area (Å²) >= 11 is 6.14. The molecule has 0 saturated carbocycles. The molecule has 0 aliphatic carbocycles. The maximum Gasteiger partial charge on any atom is 0.230 e. The lowest BCUT2D eigenvalue weighted by molar-refractivity contribution is -0.122. The van der Waals surface area contributed by atoms with E-state index >= 15 is 0 Å². The van der Waals surface area contributed by atoms with Crippen LogP contribution < -0.4 is 4.90 Å². The van der Waals surface area contributed by atoms with Gasteiger partial charge in [-0.15, -0.1) is 0 Å². The van der Waals surface area contributed by atoms with Crippen LogP contribution in [-0.4, -0.2) is 43.3 Å². The SMILES string of the molecule is CN1C(=O)C(CCN2CCC(C(=O)c3ccc(F)cc3)CC2)Cc2cc(Cl)ccc21. The molecule has 1 atom stereocenters. The number of fused-ring (bicyclic) bond motifs is 1. The standard InChI is InChI=1S/C24H26ClFN2O2/c1-27-22-7-4-20(25)15-19(22)14-18(24(27)30)10-13-28-11-8-17(9-12-28)23(29)16-2-5-21(26)6-3-16/h2-7,15,17-18H,8-14H2,1H3. The fraction of sp³-hybridized carbons (Fsp3) is 0.417. The molecule has 4 nitrogen and oxygen atoms in total. The van der Waals surface area contributed by atoms with E-state index in [0.29, 0.717) is 10.6 Å². The van der Waals surface area contributed by atoms with Crippen molar-refractivity contribution in [3.05, 3.63) is 64.4 Å². The number of hydrogen-bond donors (Lipinski definition) is 0. The first kappa shape index (κ1) is 21.0. The fourth-order valence-electron chi connectivity index (χ4n) is 4.62. The molecular formula is C24H26ClFN2O2. The van der Waals surface area contributed by atoms with Gasteiger partial charge in [0.2, 0.25) is 5.91 Å². The van der Waals surface area contributed by atoms with E-state index in [1.54, 1.807) is 17.0 Å². The normalized spacial score (nSPS) is 20.3. The summed E-state index contributed by atoms with van der Waals surface area (Å²) in [5, 5.41) is 0.697. The van der Waals surface area contributed by atoms with Crippen LogP contribution in [0.15, 0.2) is 42.5 Å². The molecule has 1 fully saturated rings. The topological polar surface area (TPSA) is 40.6 Å². The van der Waals surface area contributed by atoms with Gasteiger partial charge in [0.1, 0.15) is 5.82 Å². The number of ketones is 1. The zero-order valence-corrected chi connectivity index (χ0v) is 17.9. The number of carbonyl (C=O) groups excluding carboxylic acids is 2. The number of benzene rings is 2. The van der Waals surface area contributed by atoms with E-state index in [1.165, 1.54) is 12.1 Å². The Morgan fingerprint density at radius 2 is 1.83 bits per heavy atom. The van der Waals surface area contributed by atoms with Crippen LogP contribution in [0.25, 0.3) is 0 Å². The summed E-state index contributed by atoms with van der Waals surface area (Å²) in [4.78, 5) is 29.5. The second-order valence-electron chi connectivity index (χ2n) is 8.35. The minimum Gasteiger partial charge on any atom is -0.315 e. The Labute approximate surface area is 181 Å². The quantitative estimate of drug-likeness (QED) is 0.653. The summed E-state index contributed by atoms with van der Waals surface area (Å²) in [5.74, 6) is -0.115. The van der Waals surface area contributed by atoms with Crippen LogP contribution in [-0.2, 0) is 11.2 Å². The molecule has 0 spiro atoms. The Bertz CT molecular complexity index is 939. The number of hydrogen-bond acceptors (Lipinski definition) is 3. The number of likely N-dealkylation sites (tertiary alicyclic amines) is 1. The van der Waals surface area contributed by atoms with Gasteiger partial charge in [0, 0.05) is 35.2 Å². The number of carbonyl (C=O) groups is 2. The summed E-state index contributed by atoms with van der Waals surface area (Å²) in [6.07, 6.45) is 3.12. The van der Waals surface area contributed by atoms with E-state index in [-0.39, 0.29) is 29.3 Å². The van der Waals surface area contributed by atoms with Crippen molar-refractivity contribution in [1.29, 1.82) is 0 Å². The molecule has 2 aliphatic rings. The number of piperidine rings is 1. The van der Waals surface area contributed by atoms with Gasteiger partial charge in [0.05, 0.1) is 0 Å². The van der Waals surface area contributed by atoms with E-state index in [1.807, 2.05) is 25.2 Å². The summed E-state index contributed by atoms with van der Waals surface area (Å²) in [5.41, 5.74) is 2.65. The van der Waals surface area contributed by atoms with Gasteiger partial charge in [-0.3, -0.25) is 9.59 Å². The summed E-state index contributed by atoms with van der Waals surface area (Å²) in [6.45, 7) is 2.53. The third-order valence-electron chi connectivity index (χ3n) is 6.43. The number of rotatable bonds is 5. The summed E-state index contributed by atoms with van der Waals surface area (Å²) < 4.78 is 13.1. The van der Waals surface area contributed by atoms with Gasteiger partial charge in [-0.05, 0) is 93.3 Å². The monoisotopic (exact) mass is 428 g/mol. The van der Waals surface area contributed by atoms with E-state index in [0.717, 1.165) is 56.6 Å². The maximum absolute atomic E-state index is 13.1. The summed E-state index contributed by atoms with van der Waals surface area (Å²) in [7, 11) is 1.83. The van der Waals surface area contributed by atoms with Gasteiger partial charge < -0.3 is 9.80 Å². The van der Waals surface area contributed by atoms with Crippen molar-refractivity contribution in [3.63, 3.8) is 0 Å². The Balaban J connectivity index is 1.30. The van der Waals surface area contributed by atoms with Crippen molar-refractivity contribution < 1.29 is 14.0 Å². The van der Waals surface area contributed by atoms with E-state index in [2.05, 4.69) is 4.90 Å². The molecule has 2 heterocycles. The van der Waals surface area contributed by atoms with Gasteiger partial charge in [0.25, 0.3) is 0 Å². The number of nitrogens with zero attached hydrogens (tertiary/aromatic N) is 2. The van der Waals surface area contributed by atoms with Crippen molar-refractivity contribution in [2.45, 2.75) is 25.7 Å². The average Bonchev–Trinajstić information content (AvgIpc) is 2.75. The zero-order valence-electron chi connectivity index (χ0n) is 17.1. The highest BCUT2D eigenvalue weighted by atomic mass is 35.5. The van der Waals surface area contributed by atoms with Crippen LogP contribution in [0.2, 0.25) is 5.02 Å². The molecule has 0 bridgehead atoms. The highest BCUT2D eigenvalue weighted by molar-refractivity contribution is 6.30. The van der Waals surface area contributed by atoms with Gasteiger partial charge >= 0.3 is 0 Å². The number of amides is 1. The molecular weight excluding hydrogens is 403 g/mol.